The number of anilines is 1. The Morgan fingerprint density at radius 1 is 1.33 bits per heavy atom. The molecule has 0 saturated carbocycles. The summed E-state index contributed by atoms with van der Waals surface area (Å²) in [4.78, 5) is 4.38. The van der Waals surface area contributed by atoms with E-state index in [1.165, 1.54) is 23.7 Å². The Labute approximate surface area is 114 Å². The minimum atomic E-state index is -0.212. The summed E-state index contributed by atoms with van der Waals surface area (Å²) in [6.45, 7) is 2.87. The first-order chi connectivity index (χ1) is 8.78. The highest BCUT2D eigenvalue weighted by Crippen LogP contribution is 2.20. The van der Waals surface area contributed by atoms with Crippen molar-refractivity contribution in [2.24, 2.45) is 0 Å². The van der Waals surface area contributed by atoms with Crippen LogP contribution in [-0.4, -0.2) is 21.7 Å². The fraction of sp³-hybridized carbons (Fsp3) is 0.333. The third-order valence-corrected chi connectivity index (χ3v) is 4.14. The van der Waals surface area contributed by atoms with E-state index in [1.54, 1.807) is 23.9 Å². The van der Waals surface area contributed by atoms with Crippen molar-refractivity contribution in [1.29, 1.82) is 0 Å². The Morgan fingerprint density at radius 2 is 2.11 bits per heavy atom. The summed E-state index contributed by atoms with van der Waals surface area (Å²) in [5.41, 5.74) is 0.934. The number of nitrogens with one attached hydrogen (secondary N) is 1. The van der Waals surface area contributed by atoms with Crippen molar-refractivity contribution in [3.8, 4) is 0 Å². The second kappa shape index (κ2) is 6.70. The van der Waals surface area contributed by atoms with Gasteiger partial charge in [0.25, 0.3) is 0 Å². The molecule has 0 fully saturated rings. The van der Waals surface area contributed by atoms with Crippen LogP contribution in [0, 0.1) is 5.82 Å². The van der Waals surface area contributed by atoms with Gasteiger partial charge in [-0.25, -0.2) is 9.37 Å². The van der Waals surface area contributed by atoms with Crippen LogP contribution >= 0.6 is 23.3 Å². The van der Waals surface area contributed by atoms with Crippen molar-refractivity contribution < 1.29 is 4.39 Å². The third-order valence-electron chi connectivity index (χ3n) is 2.27. The smallest absolute Gasteiger partial charge is 0.170 e. The fourth-order valence-electron chi connectivity index (χ4n) is 1.34. The first kappa shape index (κ1) is 13.3. The average Bonchev–Trinajstić information content (AvgIpc) is 2.85. The number of hydrogen-bond acceptors (Lipinski definition) is 5. The van der Waals surface area contributed by atoms with E-state index in [4.69, 9.17) is 0 Å². The second-order valence-corrected chi connectivity index (χ2v) is 5.71. The standard InChI is InChI=1S/C12H14FN3S2/c1-2-11-15-12(18-16-11)17-8-7-14-10-5-3-9(13)4-6-10/h3-6,14H,2,7-8H2,1H3. The molecule has 0 radical (unpaired) electrons. The lowest BCUT2D eigenvalue weighted by molar-refractivity contribution is 0.628. The van der Waals surface area contributed by atoms with Crippen LogP contribution < -0.4 is 5.32 Å². The van der Waals surface area contributed by atoms with Gasteiger partial charge in [-0.1, -0.05) is 18.7 Å². The molecule has 1 aromatic heterocycles. The molecule has 2 rings (SSSR count). The first-order valence-electron chi connectivity index (χ1n) is 5.72. The van der Waals surface area contributed by atoms with Gasteiger partial charge in [-0.2, -0.15) is 4.37 Å². The largest absolute Gasteiger partial charge is 0.384 e. The summed E-state index contributed by atoms with van der Waals surface area (Å²) in [5.74, 6) is 1.61. The molecule has 1 heterocycles. The van der Waals surface area contributed by atoms with Crippen LogP contribution in [0.15, 0.2) is 28.6 Å². The molecule has 1 aromatic carbocycles. The molecule has 0 aliphatic rings. The highest BCUT2D eigenvalue weighted by atomic mass is 32.2. The summed E-state index contributed by atoms with van der Waals surface area (Å²) < 4.78 is 17.9. The predicted octanol–water partition coefficient (Wildman–Crippen LogP) is 3.44. The van der Waals surface area contributed by atoms with Gasteiger partial charge in [0, 0.05) is 24.4 Å². The number of aromatic nitrogens is 2. The topological polar surface area (TPSA) is 37.8 Å². The highest BCUT2D eigenvalue weighted by Gasteiger charge is 2.02. The van der Waals surface area contributed by atoms with Crippen LogP contribution in [0.5, 0.6) is 0 Å². The van der Waals surface area contributed by atoms with Gasteiger partial charge in [-0.15, -0.1) is 0 Å². The molecular formula is C12H14FN3S2. The minimum absolute atomic E-state index is 0.212. The highest BCUT2D eigenvalue weighted by molar-refractivity contribution is 8.00. The Hall–Kier alpha value is -1.14. The number of benzene rings is 1. The number of nitrogens with zero attached hydrogens (tertiary/aromatic N) is 2. The molecule has 0 aliphatic carbocycles. The van der Waals surface area contributed by atoms with Crippen molar-refractivity contribution in [3.05, 3.63) is 35.9 Å². The zero-order valence-electron chi connectivity index (χ0n) is 10.0. The molecule has 0 aliphatic heterocycles. The molecule has 0 spiro atoms. The van der Waals surface area contributed by atoms with Crippen molar-refractivity contribution in [2.45, 2.75) is 17.7 Å². The van der Waals surface area contributed by atoms with E-state index in [0.29, 0.717) is 0 Å². The zero-order valence-corrected chi connectivity index (χ0v) is 11.7. The number of hydrogen-bond donors (Lipinski definition) is 1. The Balaban J connectivity index is 1.71. The normalized spacial score (nSPS) is 10.6. The van der Waals surface area contributed by atoms with Gasteiger partial charge in [0.2, 0.25) is 0 Å². The Bertz CT molecular complexity index is 484. The van der Waals surface area contributed by atoms with E-state index in [1.807, 2.05) is 6.92 Å². The summed E-state index contributed by atoms with van der Waals surface area (Å²) in [6.07, 6.45) is 0.880. The van der Waals surface area contributed by atoms with E-state index in [9.17, 15) is 4.39 Å². The maximum Gasteiger partial charge on any atom is 0.170 e. The average molecular weight is 283 g/mol. The van der Waals surface area contributed by atoms with Gasteiger partial charge in [0.1, 0.15) is 11.6 Å². The van der Waals surface area contributed by atoms with Gasteiger partial charge in [-0.3, -0.25) is 0 Å². The zero-order chi connectivity index (χ0) is 12.8. The molecule has 3 nitrogen and oxygen atoms in total. The summed E-state index contributed by atoms with van der Waals surface area (Å²) in [5, 5.41) is 3.23. The van der Waals surface area contributed by atoms with Crippen LogP contribution in [0.2, 0.25) is 0 Å². The monoisotopic (exact) mass is 283 g/mol. The molecule has 0 atom stereocenters. The van der Waals surface area contributed by atoms with E-state index in [0.717, 1.165) is 34.6 Å². The molecule has 0 saturated heterocycles. The Kier molecular flexibility index (Phi) is 4.95. The number of rotatable bonds is 6. The van der Waals surface area contributed by atoms with Gasteiger partial charge in [-0.05, 0) is 35.8 Å². The number of aryl methyl sites for hydroxylation is 1. The lowest BCUT2D eigenvalue weighted by atomic mass is 10.3. The van der Waals surface area contributed by atoms with Crippen molar-refractivity contribution in [3.63, 3.8) is 0 Å². The number of halogens is 1. The van der Waals surface area contributed by atoms with Gasteiger partial charge < -0.3 is 5.32 Å². The second-order valence-electron chi connectivity index (χ2n) is 3.61. The van der Waals surface area contributed by atoms with E-state index >= 15 is 0 Å². The molecule has 18 heavy (non-hydrogen) atoms. The van der Waals surface area contributed by atoms with Crippen LogP contribution in [0.3, 0.4) is 0 Å². The summed E-state index contributed by atoms with van der Waals surface area (Å²) in [7, 11) is 0. The predicted molar refractivity (Wildman–Crippen MR) is 74.9 cm³/mol. The minimum Gasteiger partial charge on any atom is -0.384 e. The fourth-order valence-corrected chi connectivity index (χ4v) is 2.96. The first-order valence-corrected chi connectivity index (χ1v) is 7.48. The van der Waals surface area contributed by atoms with E-state index < -0.39 is 0 Å². The Morgan fingerprint density at radius 3 is 2.78 bits per heavy atom. The van der Waals surface area contributed by atoms with Gasteiger partial charge in [0.05, 0.1) is 0 Å². The lowest BCUT2D eigenvalue weighted by Crippen LogP contribution is -2.03. The maximum atomic E-state index is 12.7. The van der Waals surface area contributed by atoms with E-state index in [2.05, 4.69) is 14.7 Å². The third kappa shape index (κ3) is 3.96. The van der Waals surface area contributed by atoms with Gasteiger partial charge >= 0.3 is 0 Å². The van der Waals surface area contributed by atoms with Crippen molar-refractivity contribution in [1.82, 2.24) is 9.36 Å². The molecule has 0 unspecified atom stereocenters. The van der Waals surface area contributed by atoms with Crippen LogP contribution in [0.4, 0.5) is 10.1 Å². The summed E-state index contributed by atoms with van der Waals surface area (Å²) >= 11 is 3.13. The van der Waals surface area contributed by atoms with Crippen LogP contribution in [0.25, 0.3) is 0 Å². The van der Waals surface area contributed by atoms with Crippen molar-refractivity contribution >= 4 is 29.0 Å². The van der Waals surface area contributed by atoms with E-state index in [-0.39, 0.29) is 5.82 Å². The van der Waals surface area contributed by atoms with Gasteiger partial charge in [0.15, 0.2) is 4.34 Å². The molecule has 0 bridgehead atoms. The molecule has 0 amide bonds. The molecule has 6 heteroatoms. The SMILES string of the molecule is CCc1nsc(SCCNc2ccc(F)cc2)n1. The van der Waals surface area contributed by atoms with Crippen LogP contribution in [0.1, 0.15) is 12.7 Å². The lowest BCUT2D eigenvalue weighted by Gasteiger charge is -2.04. The molecule has 2 aromatic rings. The van der Waals surface area contributed by atoms with Crippen LogP contribution in [-0.2, 0) is 6.42 Å². The molecule has 1 N–H and O–H groups in total. The molecular weight excluding hydrogens is 269 g/mol. The summed E-state index contributed by atoms with van der Waals surface area (Å²) in [6, 6.07) is 6.38. The quantitative estimate of drug-likeness (QED) is 0.651. The molecule has 96 valence electrons. The maximum absolute atomic E-state index is 12.7. The van der Waals surface area contributed by atoms with Crippen molar-refractivity contribution in [2.75, 3.05) is 17.6 Å². The number of thioether (sulfide) groups is 1.